The molecule has 0 bridgehead atoms. The van der Waals surface area contributed by atoms with Crippen LogP contribution >= 0.6 is 11.6 Å². The van der Waals surface area contributed by atoms with E-state index in [0.29, 0.717) is 16.3 Å². The summed E-state index contributed by atoms with van der Waals surface area (Å²) >= 11 is 6.00. The van der Waals surface area contributed by atoms with Crippen molar-refractivity contribution in [1.29, 1.82) is 0 Å². The summed E-state index contributed by atoms with van der Waals surface area (Å²) in [6.07, 6.45) is 1.63. The standard InChI is InChI=1S/C17H12ClNO2/c18-15-5-2-1-4-14(15)17(20)19-13-9-7-12(8-10-13)16-6-3-11-21-16/h1-11H,(H,19,20). The van der Waals surface area contributed by atoms with Crippen molar-refractivity contribution in [1.82, 2.24) is 0 Å². The lowest BCUT2D eigenvalue weighted by atomic mass is 10.1. The minimum absolute atomic E-state index is 0.230. The predicted octanol–water partition coefficient (Wildman–Crippen LogP) is 4.85. The van der Waals surface area contributed by atoms with E-state index in [2.05, 4.69) is 5.32 Å². The molecular weight excluding hydrogens is 286 g/mol. The van der Waals surface area contributed by atoms with Crippen molar-refractivity contribution in [2.24, 2.45) is 0 Å². The molecule has 0 aliphatic carbocycles. The molecule has 21 heavy (non-hydrogen) atoms. The first-order chi connectivity index (χ1) is 10.2. The van der Waals surface area contributed by atoms with E-state index in [1.807, 2.05) is 36.4 Å². The monoisotopic (exact) mass is 297 g/mol. The molecule has 2 aromatic carbocycles. The van der Waals surface area contributed by atoms with E-state index in [1.165, 1.54) is 0 Å². The van der Waals surface area contributed by atoms with Gasteiger partial charge in [0, 0.05) is 11.3 Å². The van der Waals surface area contributed by atoms with Crippen LogP contribution in [0.1, 0.15) is 10.4 Å². The number of benzene rings is 2. The average Bonchev–Trinajstić information content (AvgIpc) is 3.02. The van der Waals surface area contributed by atoms with Gasteiger partial charge in [-0.3, -0.25) is 4.79 Å². The molecule has 0 saturated carbocycles. The van der Waals surface area contributed by atoms with Gasteiger partial charge in [-0.1, -0.05) is 23.7 Å². The van der Waals surface area contributed by atoms with E-state index in [9.17, 15) is 4.79 Å². The molecule has 0 aliphatic rings. The molecule has 3 rings (SSSR count). The summed E-state index contributed by atoms with van der Waals surface area (Å²) in [6, 6.07) is 18.1. The van der Waals surface area contributed by atoms with Gasteiger partial charge in [-0.05, 0) is 48.5 Å². The molecule has 0 aliphatic heterocycles. The maximum Gasteiger partial charge on any atom is 0.257 e. The van der Waals surface area contributed by atoms with Crippen LogP contribution in [0.2, 0.25) is 5.02 Å². The van der Waals surface area contributed by atoms with Crippen LogP contribution in [0.4, 0.5) is 5.69 Å². The van der Waals surface area contributed by atoms with Crippen molar-refractivity contribution in [3.63, 3.8) is 0 Å². The third kappa shape index (κ3) is 2.98. The number of carbonyl (C=O) groups is 1. The largest absolute Gasteiger partial charge is 0.464 e. The van der Waals surface area contributed by atoms with Gasteiger partial charge in [0.2, 0.25) is 0 Å². The van der Waals surface area contributed by atoms with Crippen molar-refractivity contribution in [2.45, 2.75) is 0 Å². The Morgan fingerprint density at radius 3 is 2.38 bits per heavy atom. The van der Waals surface area contributed by atoms with Crippen LogP contribution in [0.25, 0.3) is 11.3 Å². The molecule has 4 heteroatoms. The molecule has 0 saturated heterocycles. The fourth-order valence-electron chi connectivity index (χ4n) is 2.00. The Labute approximate surface area is 127 Å². The van der Waals surface area contributed by atoms with Crippen LogP contribution in [0, 0.1) is 0 Å². The highest BCUT2D eigenvalue weighted by Gasteiger charge is 2.09. The van der Waals surface area contributed by atoms with Crippen LogP contribution < -0.4 is 5.32 Å². The van der Waals surface area contributed by atoms with Crippen molar-refractivity contribution >= 4 is 23.2 Å². The van der Waals surface area contributed by atoms with Crippen LogP contribution in [-0.4, -0.2) is 5.91 Å². The molecule has 1 N–H and O–H groups in total. The van der Waals surface area contributed by atoms with Crippen LogP contribution in [0.5, 0.6) is 0 Å². The van der Waals surface area contributed by atoms with Gasteiger partial charge < -0.3 is 9.73 Å². The third-order valence-corrected chi connectivity index (χ3v) is 3.40. The number of amides is 1. The number of carbonyl (C=O) groups excluding carboxylic acids is 1. The molecule has 1 amide bonds. The first-order valence-electron chi connectivity index (χ1n) is 6.44. The number of furan rings is 1. The van der Waals surface area contributed by atoms with Crippen LogP contribution in [0.15, 0.2) is 71.3 Å². The second-order valence-electron chi connectivity index (χ2n) is 4.49. The van der Waals surface area contributed by atoms with Crippen LogP contribution in [-0.2, 0) is 0 Å². The lowest BCUT2D eigenvalue weighted by Gasteiger charge is -2.07. The highest BCUT2D eigenvalue weighted by Crippen LogP contribution is 2.22. The lowest BCUT2D eigenvalue weighted by molar-refractivity contribution is 0.102. The van der Waals surface area contributed by atoms with Gasteiger partial charge >= 0.3 is 0 Å². The van der Waals surface area contributed by atoms with E-state index < -0.39 is 0 Å². The summed E-state index contributed by atoms with van der Waals surface area (Å²) in [6.45, 7) is 0. The number of rotatable bonds is 3. The minimum Gasteiger partial charge on any atom is -0.464 e. The quantitative estimate of drug-likeness (QED) is 0.750. The number of nitrogens with one attached hydrogen (secondary N) is 1. The Balaban J connectivity index is 1.77. The van der Waals surface area contributed by atoms with Gasteiger partial charge in [-0.2, -0.15) is 0 Å². The number of anilines is 1. The first kappa shape index (κ1) is 13.5. The first-order valence-corrected chi connectivity index (χ1v) is 6.81. The van der Waals surface area contributed by atoms with Gasteiger partial charge in [0.15, 0.2) is 0 Å². The van der Waals surface area contributed by atoms with E-state index in [1.54, 1.807) is 30.5 Å². The van der Waals surface area contributed by atoms with Crippen LogP contribution in [0.3, 0.4) is 0 Å². The molecule has 3 nitrogen and oxygen atoms in total. The smallest absolute Gasteiger partial charge is 0.257 e. The Bertz CT molecular complexity index is 749. The normalized spacial score (nSPS) is 10.3. The minimum atomic E-state index is -0.230. The number of hydrogen-bond donors (Lipinski definition) is 1. The summed E-state index contributed by atoms with van der Waals surface area (Å²) < 4.78 is 5.32. The Hall–Kier alpha value is -2.52. The molecule has 0 spiro atoms. The molecule has 0 atom stereocenters. The average molecular weight is 298 g/mol. The van der Waals surface area contributed by atoms with E-state index in [0.717, 1.165) is 11.3 Å². The zero-order valence-corrected chi connectivity index (χ0v) is 11.8. The molecule has 1 heterocycles. The summed E-state index contributed by atoms with van der Waals surface area (Å²) in [5, 5.41) is 3.25. The number of halogens is 1. The Kier molecular flexibility index (Phi) is 3.75. The Morgan fingerprint density at radius 1 is 0.952 bits per heavy atom. The second-order valence-corrected chi connectivity index (χ2v) is 4.90. The SMILES string of the molecule is O=C(Nc1ccc(-c2ccco2)cc1)c1ccccc1Cl. The summed E-state index contributed by atoms with van der Waals surface area (Å²) in [5.41, 5.74) is 2.11. The molecule has 104 valence electrons. The topological polar surface area (TPSA) is 42.2 Å². The highest BCUT2D eigenvalue weighted by atomic mass is 35.5. The second kappa shape index (κ2) is 5.85. The van der Waals surface area contributed by atoms with Crippen molar-refractivity contribution in [3.05, 3.63) is 77.5 Å². The van der Waals surface area contributed by atoms with Crippen molar-refractivity contribution in [2.75, 3.05) is 5.32 Å². The molecule has 0 unspecified atom stereocenters. The Morgan fingerprint density at radius 2 is 1.71 bits per heavy atom. The zero-order valence-electron chi connectivity index (χ0n) is 11.0. The highest BCUT2D eigenvalue weighted by molar-refractivity contribution is 6.34. The molecular formula is C17H12ClNO2. The van der Waals surface area contributed by atoms with Gasteiger partial charge in [-0.15, -0.1) is 0 Å². The summed E-state index contributed by atoms with van der Waals surface area (Å²) in [5.74, 6) is 0.560. The molecule has 0 fully saturated rings. The van der Waals surface area contributed by atoms with E-state index in [4.69, 9.17) is 16.0 Å². The fraction of sp³-hybridized carbons (Fsp3) is 0. The summed E-state index contributed by atoms with van der Waals surface area (Å²) in [4.78, 5) is 12.1. The lowest BCUT2D eigenvalue weighted by Crippen LogP contribution is -2.12. The van der Waals surface area contributed by atoms with Gasteiger partial charge in [0.1, 0.15) is 5.76 Å². The van der Waals surface area contributed by atoms with E-state index >= 15 is 0 Å². The van der Waals surface area contributed by atoms with Gasteiger partial charge in [0.05, 0.1) is 16.8 Å². The number of hydrogen-bond acceptors (Lipinski definition) is 2. The molecule has 0 radical (unpaired) electrons. The molecule has 1 aromatic heterocycles. The van der Waals surface area contributed by atoms with Gasteiger partial charge in [-0.25, -0.2) is 0 Å². The maximum absolute atomic E-state index is 12.1. The third-order valence-electron chi connectivity index (χ3n) is 3.07. The fourth-order valence-corrected chi connectivity index (χ4v) is 2.23. The van der Waals surface area contributed by atoms with E-state index in [-0.39, 0.29) is 5.91 Å². The summed E-state index contributed by atoms with van der Waals surface area (Å²) in [7, 11) is 0. The predicted molar refractivity (Wildman–Crippen MR) is 83.5 cm³/mol. The zero-order chi connectivity index (χ0) is 14.7. The molecule has 3 aromatic rings. The van der Waals surface area contributed by atoms with Crippen molar-refractivity contribution < 1.29 is 9.21 Å². The van der Waals surface area contributed by atoms with Gasteiger partial charge in [0.25, 0.3) is 5.91 Å². The van der Waals surface area contributed by atoms with Crippen molar-refractivity contribution in [3.8, 4) is 11.3 Å². The maximum atomic E-state index is 12.1.